The Labute approximate surface area is 131 Å². The van der Waals surface area contributed by atoms with Crippen molar-refractivity contribution in [3.63, 3.8) is 0 Å². The molecule has 1 N–H and O–H groups in total. The zero-order valence-electron chi connectivity index (χ0n) is 11.4. The molecule has 0 saturated heterocycles. The largest absolute Gasteiger partial charge is 0.494 e. The van der Waals surface area contributed by atoms with Crippen molar-refractivity contribution in [2.24, 2.45) is 0 Å². The van der Waals surface area contributed by atoms with Crippen molar-refractivity contribution in [3.8, 4) is 5.75 Å². The standard InChI is InChI=1S/C12H13Cl2N5O2/c1-3-4-19-12(16-17-18-19)15-11(20)8-5-7(13)6-9(14)10(8)21-2/h5-6H,3-4H2,1-2H3,(H,15,16,18,20). The zero-order chi connectivity index (χ0) is 15.4. The van der Waals surface area contributed by atoms with Crippen LogP contribution in [0, 0.1) is 0 Å². The van der Waals surface area contributed by atoms with Crippen molar-refractivity contribution < 1.29 is 9.53 Å². The summed E-state index contributed by atoms with van der Waals surface area (Å²) in [7, 11) is 1.42. The maximum Gasteiger partial charge on any atom is 0.261 e. The molecule has 21 heavy (non-hydrogen) atoms. The Morgan fingerprint density at radius 1 is 1.43 bits per heavy atom. The van der Waals surface area contributed by atoms with Crippen LogP contribution in [0.3, 0.4) is 0 Å². The van der Waals surface area contributed by atoms with E-state index < -0.39 is 5.91 Å². The van der Waals surface area contributed by atoms with Crippen molar-refractivity contribution in [3.05, 3.63) is 27.7 Å². The summed E-state index contributed by atoms with van der Waals surface area (Å²) in [5.41, 5.74) is 0.209. The molecule has 1 amide bonds. The molecule has 0 unspecified atom stereocenters. The predicted molar refractivity (Wildman–Crippen MR) is 79.1 cm³/mol. The lowest BCUT2D eigenvalue weighted by atomic mass is 10.2. The second-order valence-corrected chi connectivity index (χ2v) is 4.99. The van der Waals surface area contributed by atoms with E-state index in [2.05, 4.69) is 20.8 Å². The molecule has 1 aromatic heterocycles. The van der Waals surface area contributed by atoms with Crippen LogP contribution < -0.4 is 10.1 Å². The van der Waals surface area contributed by atoms with Crippen LogP contribution in [0.2, 0.25) is 10.0 Å². The number of aryl methyl sites for hydroxylation is 1. The molecule has 2 aromatic rings. The Bertz CT molecular complexity index is 659. The van der Waals surface area contributed by atoms with Gasteiger partial charge in [-0.2, -0.15) is 0 Å². The van der Waals surface area contributed by atoms with Crippen LogP contribution in [-0.4, -0.2) is 33.2 Å². The third kappa shape index (κ3) is 3.43. The molecule has 1 heterocycles. The molecule has 0 bridgehead atoms. The van der Waals surface area contributed by atoms with Crippen molar-refractivity contribution in [1.82, 2.24) is 20.2 Å². The highest BCUT2D eigenvalue weighted by Crippen LogP contribution is 2.32. The first-order valence-electron chi connectivity index (χ1n) is 6.17. The molecular formula is C12H13Cl2N5O2. The Balaban J connectivity index is 2.30. The fourth-order valence-corrected chi connectivity index (χ4v) is 2.33. The fourth-order valence-electron chi connectivity index (χ4n) is 1.76. The third-order valence-electron chi connectivity index (χ3n) is 2.65. The molecule has 0 saturated carbocycles. The SMILES string of the molecule is CCCn1nnnc1NC(=O)c1cc(Cl)cc(Cl)c1OC. The highest BCUT2D eigenvalue weighted by molar-refractivity contribution is 6.36. The number of tetrazole rings is 1. The maximum atomic E-state index is 12.3. The molecule has 0 aliphatic carbocycles. The number of aromatic nitrogens is 4. The smallest absolute Gasteiger partial charge is 0.261 e. The van der Waals surface area contributed by atoms with Crippen molar-refractivity contribution in [2.45, 2.75) is 19.9 Å². The van der Waals surface area contributed by atoms with Crippen LogP contribution in [0.25, 0.3) is 0 Å². The van der Waals surface area contributed by atoms with E-state index in [1.807, 2.05) is 6.92 Å². The van der Waals surface area contributed by atoms with E-state index >= 15 is 0 Å². The van der Waals surface area contributed by atoms with E-state index in [0.717, 1.165) is 6.42 Å². The lowest BCUT2D eigenvalue weighted by Gasteiger charge is -2.11. The zero-order valence-corrected chi connectivity index (χ0v) is 12.9. The number of methoxy groups -OCH3 is 1. The minimum absolute atomic E-state index is 0.209. The van der Waals surface area contributed by atoms with Gasteiger partial charge in [0, 0.05) is 11.6 Å². The van der Waals surface area contributed by atoms with Gasteiger partial charge in [-0.1, -0.05) is 35.2 Å². The molecule has 0 aliphatic rings. The highest BCUT2D eigenvalue weighted by atomic mass is 35.5. The number of carbonyl (C=O) groups is 1. The quantitative estimate of drug-likeness (QED) is 0.911. The summed E-state index contributed by atoms with van der Waals surface area (Å²) >= 11 is 11.9. The van der Waals surface area contributed by atoms with E-state index in [4.69, 9.17) is 27.9 Å². The third-order valence-corrected chi connectivity index (χ3v) is 3.15. The van der Waals surface area contributed by atoms with Crippen LogP contribution in [0.15, 0.2) is 12.1 Å². The van der Waals surface area contributed by atoms with Crippen LogP contribution >= 0.6 is 23.2 Å². The normalized spacial score (nSPS) is 10.5. The monoisotopic (exact) mass is 329 g/mol. The summed E-state index contributed by atoms with van der Waals surface area (Å²) in [4.78, 5) is 12.3. The maximum absolute atomic E-state index is 12.3. The Morgan fingerprint density at radius 2 is 2.19 bits per heavy atom. The summed E-state index contributed by atoms with van der Waals surface area (Å²) in [5, 5.41) is 14.3. The van der Waals surface area contributed by atoms with Gasteiger partial charge in [0.05, 0.1) is 17.7 Å². The Kier molecular flexibility index (Phi) is 4.98. The first-order chi connectivity index (χ1) is 10.1. The average molecular weight is 330 g/mol. The molecule has 7 nitrogen and oxygen atoms in total. The van der Waals surface area contributed by atoms with Crippen LogP contribution in [0.1, 0.15) is 23.7 Å². The van der Waals surface area contributed by atoms with Gasteiger partial charge in [0.1, 0.15) is 5.75 Å². The first-order valence-corrected chi connectivity index (χ1v) is 6.93. The number of amides is 1. The van der Waals surface area contributed by atoms with Gasteiger partial charge in [0.15, 0.2) is 0 Å². The van der Waals surface area contributed by atoms with Gasteiger partial charge in [0.2, 0.25) is 5.95 Å². The molecule has 0 aliphatic heterocycles. The molecule has 0 atom stereocenters. The lowest BCUT2D eigenvalue weighted by Crippen LogP contribution is -2.17. The van der Waals surface area contributed by atoms with Gasteiger partial charge in [0.25, 0.3) is 5.91 Å². The number of anilines is 1. The number of ether oxygens (including phenoxy) is 1. The molecular weight excluding hydrogens is 317 g/mol. The van der Waals surface area contributed by atoms with E-state index in [-0.39, 0.29) is 22.3 Å². The lowest BCUT2D eigenvalue weighted by molar-refractivity contribution is 0.102. The van der Waals surface area contributed by atoms with Gasteiger partial charge in [-0.05, 0) is 29.0 Å². The molecule has 9 heteroatoms. The Morgan fingerprint density at radius 3 is 2.86 bits per heavy atom. The van der Waals surface area contributed by atoms with Crippen LogP contribution in [0.5, 0.6) is 5.75 Å². The minimum atomic E-state index is -0.455. The number of rotatable bonds is 5. The number of carbonyl (C=O) groups excluding carboxylic acids is 1. The van der Waals surface area contributed by atoms with Crippen molar-refractivity contribution >= 4 is 35.1 Å². The van der Waals surface area contributed by atoms with E-state index in [1.54, 1.807) is 0 Å². The van der Waals surface area contributed by atoms with Gasteiger partial charge in [-0.15, -0.1) is 0 Å². The topological polar surface area (TPSA) is 81.9 Å². The molecule has 2 rings (SSSR count). The fraction of sp³-hybridized carbons (Fsp3) is 0.333. The van der Waals surface area contributed by atoms with E-state index in [9.17, 15) is 4.79 Å². The van der Waals surface area contributed by atoms with E-state index in [0.29, 0.717) is 11.6 Å². The second kappa shape index (κ2) is 6.73. The van der Waals surface area contributed by atoms with E-state index in [1.165, 1.54) is 23.9 Å². The number of nitrogens with one attached hydrogen (secondary N) is 1. The number of halogens is 2. The molecule has 0 fully saturated rings. The highest BCUT2D eigenvalue weighted by Gasteiger charge is 2.19. The van der Waals surface area contributed by atoms with Crippen molar-refractivity contribution in [1.29, 1.82) is 0 Å². The number of hydrogen-bond donors (Lipinski definition) is 1. The number of benzene rings is 1. The molecule has 112 valence electrons. The molecule has 0 radical (unpaired) electrons. The molecule has 1 aromatic carbocycles. The first kappa shape index (κ1) is 15.5. The van der Waals surface area contributed by atoms with Crippen molar-refractivity contribution in [2.75, 3.05) is 12.4 Å². The van der Waals surface area contributed by atoms with Gasteiger partial charge < -0.3 is 4.74 Å². The van der Waals surface area contributed by atoms with Gasteiger partial charge in [-0.3, -0.25) is 10.1 Å². The summed E-state index contributed by atoms with van der Waals surface area (Å²) in [6.07, 6.45) is 0.834. The summed E-state index contributed by atoms with van der Waals surface area (Å²) in [6.45, 7) is 2.57. The predicted octanol–water partition coefficient (Wildman–Crippen LogP) is 2.65. The summed E-state index contributed by atoms with van der Waals surface area (Å²) < 4.78 is 6.64. The summed E-state index contributed by atoms with van der Waals surface area (Å²) in [5.74, 6) is 0.0384. The van der Waals surface area contributed by atoms with Crippen LogP contribution in [0.4, 0.5) is 5.95 Å². The van der Waals surface area contributed by atoms with Gasteiger partial charge >= 0.3 is 0 Å². The number of nitrogens with zero attached hydrogens (tertiary/aromatic N) is 4. The molecule has 0 spiro atoms. The Hall–Kier alpha value is -1.86. The second-order valence-electron chi connectivity index (χ2n) is 4.15. The van der Waals surface area contributed by atoms with Crippen LogP contribution in [-0.2, 0) is 6.54 Å². The minimum Gasteiger partial charge on any atom is -0.494 e. The van der Waals surface area contributed by atoms with Gasteiger partial charge in [-0.25, -0.2) is 4.68 Å². The number of hydrogen-bond acceptors (Lipinski definition) is 5. The average Bonchev–Trinajstić information content (AvgIpc) is 2.85. The summed E-state index contributed by atoms with van der Waals surface area (Å²) in [6, 6.07) is 2.97.